The van der Waals surface area contributed by atoms with Crippen LogP contribution in [0.4, 0.5) is 0 Å². The molecule has 0 fully saturated rings. The molecule has 0 amide bonds. The van der Waals surface area contributed by atoms with E-state index in [4.69, 9.17) is 0 Å². The maximum Gasteiger partial charge on any atom is 0.315 e. The second-order valence-corrected chi connectivity index (χ2v) is 3.45. The average molecular weight is 109 g/mol. The van der Waals surface area contributed by atoms with Gasteiger partial charge in [0.1, 0.15) is 10.5 Å². The minimum atomic E-state index is -0.728. The molecule has 0 radical (unpaired) electrons. The number of nitrogens with two attached hydrogens (primary N) is 1. The molecule has 0 rings (SSSR count). The third-order valence-electron chi connectivity index (χ3n) is 0.186. The van der Waals surface area contributed by atoms with Gasteiger partial charge in [0.05, 0.1) is 0 Å². The fourth-order valence-electron chi connectivity index (χ4n) is 0.0680. The molecule has 0 bridgehead atoms. The standard InChI is InChI=1S/H7NO2Si2/c1-2-5-3-4/h1,5H2,4H3. The summed E-state index contributed by atoms with van der Waals surface area (Å²) >= 11 is 0. The van der Waals surface area contributed by atoms with Gasteiger partial charge in [-0.05, 0) is 0 Å². The first-order chi connectivity index (χ1) is 2.41. The van der Waals surface area contributed by atoms with Gasteiger partial charge in [0, 0.05) is 0 Å². The molecular weight excluding hydrogens is 102 g/mol. The number of hydrogen-bond acceptors (Lipinski definition) is 3. The van der Waals surface area contributed by atoms with E-state index in [9.17, 15) is 0 Å². The van der Waals surface area contributed by atoms with Crippen molar-refractivity contribution in [3.05, 3.63) is 0 Å². The Labute approximate surface area is 36.0 Å². The zero-order chi connectivity index (χ0) is 4.12. The zero-order valence-electron chi connectivity index (χ0n) is 3.10. The van der Waals surface area contributed by atoms with Crippen LogP contribution in [0.3, 0.4) is 0 Å². The summed E-state index contributed by atoms with van der Waals surface area (Å²) in [5.41, 5.74) is 0. The lowest BCUT2D eigenvalue weighted by molar-refractivity contribution is 0.308. The molecule has 32 valence electrons. The summed E-state index contributed by atoms with van der Waals surface area (Å²) in [5, 5.41) is 0. The Balaban J connectivity index is 2.19. The first kappa shape index (κ1) is 5.31. The Morgan fingerprint density at radius 2 is 2.40 bits per heavy atom. The quantitative estimate of drug-likeness (QED) is 0.307. The van der Waals surface area contributed by atoms with Crippen molar-refractivity contribution >= 4 is 20.5 Å². The smallest absolute Gasteiger partial charge is 0.315 e. The van der Waals surface area contributed by atoms with Gasteiger partial charge >= 0.3 is 10.0 Å². The molecule has 0 heterocycles. The van der Waals surface area contributed by atoms with Gasteiger partial charge in [-0.2, -0.15) is 0 Å². The van der Waals surface area contributed by atoms with Crippen molar-refractivity contribution < 1.29 is 8.64 Å². The SMILES string of the molecule is NO[SiH2]O[SiH3]. The molecule has 0 spiro atoms. The van der Waals surface area contributed by atoms with Crippen LogP contribution in [0.1, 0.15) is 0 Å². The predicted octanol–water partition coefficient (Wildman–Crippen LogP) is -2.83. The Morgan fingerprint density at radius 3 is 2.40 bits per heavy atom. The minimum Gasteiger partial charge on any atom is -0.448 e. The average Bonchev–Trinajstić information content (AvgIpc) is 1.41. The molecule has 5 heteroatoms. The number of rotatable bonds is 2. The monoisotopic (exact) mass is 109 g/mol. The Hall–Kier alpha value is 0.314. The molecule has 0 aromatic heterocycles. The van der Waals surface area contributed by atoms with Gasteiger partial charge in [-0.15, -0.1) is 0 Å². The molecule has 0 aliphatic rings. The molecule has 0 saturated carbocycles. The maximum atomic E-state index is 4.62. The van der Waals surface area contributed by atoms with Gasteiger partial charge < -0.3 is 8.64 Å². The molecule has 0 unspecified atom stereocenters. The van der Waals surface area contributed by atoms with Crippen molar-refractivity contribution in [2.45, 2.75) is 0 Å². The summed E-state index contributed by atoms with van der Waals surface area (Å²) in [6, 6.07) is 0. The molecule has 3 nitrogen and oxygen atoms in total. The summed E-state index contributed by atoms with van der Waals surface area (Å²) in [6.45, 7) is 0. The highest BCUT2D eigenvalue weighted by atomic mass is 28.3. The van der Waals surface area contributed by atoms with E-state index in [1.165, 1.54) is 0 Å². The Bertz CT molecular complexity index is 15.1. The summed E-state index contributed by atoms with van der Waals surface area (Å²) < 4.78 is 8.76. The van der Waals surface area contributed by atoms with Crippen molar-refractivity contribution in [2.24, 2.45) is 5.90 Å². The molecule has 5 heavy (non-hydrogen) atoms. The third-order valence-corrected chi connectivity index (χ3v) is 1.26. The van der Waals surface area contributed by atoms with Crippen LogP contribution in [0.2, 0.25) is 0 Å². The van der Waals surface area contributed by atoms with Gasteiger partial charge in [-0.25, -0.2) is 5.90 Å². The second kappa shape index (κ2) is 4.31. The van der Waals surface area contributed by atoms with Gasteiger partial charge in [0.25, 0.3) is 0 Å². The van der Waals surface area contributed by atoms with E-state index in [-0.39, 0.29) is 0 Å². The predicted molar refractivity (Wildman–Crippen MR) is 24.8 cm³/mol. The van der Waals surface area contributed by atoms with Crippen molar-refractivity contribution in [1.29, 1.82) is 0 Å². The van der Waals surface area contributed by atoms with Crippen LogP contribution in [0.5, 0.6) is 0 Å². The van der Waals surface area contributed by atoms with E-state index < -0.39 is 10.0 Å². The lowest BCUT2D eigenvalue weighted by Gasteiger charge is -1.86. The molecule has 0 aliphatic heterocycles. The molecule has 0 aromatic rings. The summed E-state index contributed by atoms with van der Waals surface area (Å²) in [6.07, 6.45) is 0. The lowest BCUT2D eigenvalue weighted by Crippen LogP contribution is -2.06. The van der Waals surface area contributed by atoms with Gasteiger partial charge in [0.15, 0.2) is 0 Å². The minimum absolute atomic E-state index is 0.728. The molecule has 0 atom stereocenters. The van der Waals surface area contributed by atoms with Gasteiger partial charge in [-0.1, -0.05) is 0 Å². The maximum absolute atomic E-state index is 4.62. The topological polar surface area (TPSA) is 44.5 Å². The van der Waals surface area contributed by atoms with Crippen LogP contribution in [0.15, 0.2) is 0 Å². The van der Waals surface area contributed by atoms with E-state index in [2.05, 4.69) is 14.5 Å². The first-order valence-electron chi connectivity index (χ1n) is 1.22. The zero-order valence-corrected chi connectivity index (χ0v) is 6.52. The van der Waals surface area contributed by atoms with E-state index in [1.54, 1.807) is 0 Å². The molecule has 0 aromatic carbocycles. The molecule has 0 aliphatic carbocycles. The normalized spacial score (nSPS) is 11.4. The van der Waals surface area contributed by atoms with Crippen LogP contribution < -0.4 is 5.90 Å². The molecule has 0 saturated heterocycles. The summed E-state index contributed by atoms with van der Waals surface area (Å²) in [4.78, 5) is 0. The summed E-state index contributed by atoms with van der Waals surface area (Å²) in [7, 11) is 0.0270. The highest BCUT2D eigenvalue weighted by Gasteiger charge is 1.68. The number of hydrogen-bond donors (Lipinski definition) is 1. The lowest BCUT2D eigenvalue weighted by atomic mass is 13.6. The van der Waals surface area contributed by atoms with Crippen LogP contribution in [-0.4, -0.2) is 20.5 Å². The van der Waals surface area contributed by atoms with Crippen molar-refractivity contribution in [3.63, 3.8) is 0 Å². The Kier molecular flexibility index (Phi) is 4.58. The van der Waals surface area contributed by atoms with E-state index in [1.807, 2.05) is 0 Å². The van der Waals surface area contributed by atoms with E-state index in [0.29, 0.717) is 0 Å². The van der Waals surface area contributed by atoms with Gasteiger partial charge in [-0.3, -0.25) is 0 Å². The van der Waals surface area contributed by atoms with Crippen LogP contribution in [0.25, 0.3) is 0 Å². The van der Waals surface area contributed by atoms with E-state index >= 15 is 0 Å². The summed E-state index contributed by atoms with van der Waals surface area (Å²) in [5.74, 6) is 4.60. The fraction of sp³-hybridized carbons (Fsp3) is 0. The first-order valence-corrected chi connectivity index (χ1v) is 3.19. The van der Waals surface area contributed by atoms with Crippen LogP contribution in [0, 0.1) is 0 Å². The highest BCUT2D eigenvalue weighted by Crippen LogP contribution is 1.48. The largest absolute Gasteiger partial charge is 0.448 e. The highest BCUT2D eigenvalue weighted by molar-refractivity contribution is 6.27. The Morgan fingerprint density at radius 1 is 1.80 bits per heavy atom. The van der Waals surface area contributed by atoms with E-state index in [0.717, 1.165) is 10.5 Å². The van der Waals surface area contributed by atoms with Crippen LogP contribution >= 0.6 is 0 Å². The fourth-order valence-corrected chi connectivity index (χ4v) is 0.612. The van der Waals surface area contributed by atoms with Crippen molar-refractivity contribution in [2.75, 3.05) is 0 Å². The van der Waals surface area contributed by atoms with Crippen LogP contribution in [-0.2, 0) is 8.64 Å². The molecule has 2 N–H and O–H groups in total. The van der Waals surface area contributed by atoms with Crippen molar-refractivity contribution in [1.82, 2.24) is 0 Å². The third kappa shape index (κ3) is 4.31. The van der Waals surface area contributed by atoms with Crippen molar-refractivity contribution in [3.8, 4) is 0 Å². The van der Waals surface area contributed by atoms with Gasteiger partial charge in [0.2, 0.25) is 0 Å². The molecular formula is H7NO2Si2. The second-order valence-electron chi connectivity index (χ2n) is 0.573.